The van der Waals surface area contributed by atoms with E-state index in [0.717, 1.165) is 90.0 Å². The smallest absolute Gasteiger partial charge is 0.222 e. The number of aromatic nitrogens is 2. The van der Waals surface area contributed by atoms with E-state index >= 15 is 0 Å². The number of nitrogen functional groups attached to an aromatic ring is 1. The van der Waals surface area contributed by atoms with Crippen molar-refractivity contribution in [3.05, 3.63) is 17.5 Å². The first-order valence-electron chi connectivity index (χ1n) is 13.3. The lowest BCUT2D eigenvalue weighted by molar-refractivity contribution is -0.133. The lowest BCUT2D eigenvalue weighted by Gasteiger charge is -2.47. The van der Waals surface area contributed by atoms with E-state index in [0.29, 0.717) is 36.2 Å². The minimum Gasteiger partial charge on any atom is -0.368 e. The normalized spacial score (nSPS) is 22.8. The highest BCUT2D eigenvalue weighted by Crippen LogP contribution is 2.37. The second kappa shape index (κ2) is 12.7. The molecular formula is C26H46N6O. The first kappa shape index (κ1) is 25.9. The number of likely N-dealkylation sites (N-methyl/N-ethyl adjacent to an activating group) is 1. The second-order valence-corrected chi connectivity index (χ2v) is 10.1. The molecule has 186 valence electrons. The van der Waals surface area contributed by atoms with Gasteiger partial charge in [0.15, 0.2) is 0 Å². The van der Waals surface area contributed by atoms with Gasteiger partial charge in [0.05, 0.1) is 0 Å². The van der Waals surface area contributed by atoms with Gasteiger partial charge in [-0.1, -0.05) is 20.8 Å². The Labute approximate surface area is 201 Å². The van der Waals surface area contributed by atoms with Crippen LogP contribution in [0.25, 0.3) is 0 Å². The fraction of sp³-hybridized carbons (Fsp3) is 0.808. The highest BCUT2D eigenvalue weighted by molar-refractivity contribution is 5.76. The Balaban J connectivity index is 1.62. The molecule has 1 saturated heterocycles. The number of rotatable bonds is 12. The molecule has 1 aliphatic heterocycles. The fourth-order valence-electron chi connectivity index (χ4n) is 5.98. The second-order valence-electron chi connectivity index (χ2n) is 10.1. The average molecular weight is 459 g/mol. The number of hydrogen-bond donors (Lipinski definition) is 1. The molecule has 0 saturated carbocycles. The van der Waals surface area contributed by atoms with Gasteiger partial charge in [0, 0.05) is 50.5 Å². The van der Waals surface area contributed by atoms with Crippen LogP contribution in [0, 0.1) is 11.8 Å². The summed E-state index contributed by atoms with van der Waals surface area (Å²) in [5, 5.41) is 0. The van der Waals surface area contributed by atoms with Crippen LogP contribution in [0.4, 0.5) is 5.95 Å². The number of likely N-dealkylation sites (tertiary alicyclic amines) is 1. The first-order chi connectivity index (χ1) is 16.0. The van der Waals surface area contributed by atoms with Gasteiger partial charge < -0.3 is 15.5 Å². The molecule has 0 bridgehead atoms. The molecule has 2 aliphatic rings. The van der Waals surface area contributed by atoms with E-state index in [2.05, 4.69) is 52.4 Å². The van der Waals surface area contributed by atoms with Crippen molar-refractivity contribution in [2.24, 2.45) is 11.8 Å². The monoisotopic (exact) mass is 458 g/mol. The molecule has 2 heterocycles. The molecule has 33 heavy (non-hydrogen) atoms. The first-order valence-corrected chi connectivity index (χ1v) is 13.3. The van der Waals surface area contributed by atoms with Crippen LogP contribution in [0.15, 0.2) is 6.20 Å². The van der Waals surface area contributed by atoms with Gasteiger partial charge >= 0.3 is 0 Å². The molecular weight excluding hydrogens is 412 g/mol. The third kappa shape index (κ3) is 6.89. The molecule has 2 N–H and O–H groups in total. The predicted molar refractivity (Wildman–Crippen MR) is 135 cm³/mol. The molecule has 0 aromatic carbocycles. The standard InChI is InChI=1S/C26H46N6O/c1-5-9-30(10-6-2)12-13-31(8-4)25(33)15-20-14-21-16-23-22(18-28-26(27)29-23)17-24(21)32(19-20)11-7-3/h18,20-21,24H,5-17,19H2,1-4H3,(H2,27,28,29)/t20-,21-,24-/m1/s1. The minimum absolute atomic E-state index is 0.327. The van der Waals surface area contributed by atoms with Crippen molar-refractivity contribution in [1.82, 2.24) is 24.7 Å². The fourth-order valence-corrected chi connectivity index (χ4v) is 5.98. The molecule has 1 amide bonds. The van der Waals surface area contributed by atoms with E-state index in [-0.39, 0.29) is 0 Å². The van der Waals surface area contributed by atoms with Crippen LogP contribution in [0.3, 0.4) is 0 Å². The SMILES string of the molecule is CCCN(CCC)CCN(CC)C(=O)C[C@H]1C[C@@H]2Cc3nc(N)ncc3C[C@H]2N(CCC)C1. The zero-order valence-corrected chi connectivity index (χ0v) is 21.4. The summed E-state index contributed by atoms with van der Waals surface area (Å²) < 4.78 is 0. The topological polar surface area (TPSA) is 78.6 Å². The van der Waals surface area contributed by atoms with E-state index < -0.39 is 0 Å². The zero-order chi connectivity index (χ0) is 23.8. The van der Waals surface area contributed by atoms with Gasteiger partial charge in [0.2, 0.25) is 11.9 Å². The Morgan fingerprint density at radius 2 is 1.85 bits per heavy atom. The van der Waals surface area contributed by atoms with Gasteiger partial charge in [0.1, 0.15) is 0 Å². The molecule has 1 fully saturated rings. The van der Waals surface area contributed by atoms with Crippen LogP contribution < -0.4 is 5.73 Å². The number of nitrogens with two attached hydrogens (primary N) is 1. The van der Waals surface area contributed by atoms with E-state index in [1.807, 2.05) is 6.20 Å². The largest absolute Gasteiger partial charge is 0.368 e. The van der Waals surface area contributed by atoms with E-state index in [1.165, 1.54) is 5.56 Å². The Morgan fingerprint density at radius 3 is 2.52 bits per heavy atom. The summed E-state index contributed by atoms with van der Waals surface area (Å²) in [6, 6.07) is 0.537. The Morgan fingerprint density at radius 1 is 1.09 bits per heavy atom. The van der Waals surface area contributed by atoms with Crippen molar-refractivity contribution in [2.75, 3.05) is 51.5 Å². The molecule has 0 unspecified atom stereocenters. The molecule has 0 spiro atoms. The van der Waals surface area contributed by atoms with Crippen molar-refractivity contribution in [2.45, 2.75) is 78.7 Å². The Bertz CT molecular complexity index is 750. The Hall–Kier alpha value is -1.73. The maximum atomic E-state index is 13.3. The minimum atomic E-state index is 0.327. The van der Waals surface area contributed by atoms with Gasteiger partial charge in [-0.25, -0.2) is 9.97 Å². The third-order valence-corrected chi connectivity index (χ3v) is 7.47. The van der Waals surface area contributed by atoms with Crippen LogP contribution in [-0.2, 0) is 17.6 Å². The van der Waals surface area contributed by atoms with Gasteiger partial charge in [-0.15, -0.1) is 0 Å². The predicted octanol–water partition coefficient (Wildman–Crippen LogP) is 3.23. The van der Waals surface area contributed by atoms with Crippen molar-refractivity contribution in [3.63, 3.8) is 0 Å². The summed E-state index contributed by atoms with van der Waals surface area (Å²) in [7, 11) is 0. The van der Waals surface area contributed by atoms with Crippen molar-refractivity contribution >= 4 is 11.9 Å². The van der Waals surface area contributed by atoms with Crippen LogP contribution >= 0.6 is 0 Å². The van der Waals surface area contributed by atoms with Crippen LogP contribution in [0.5, 0.6) is 0 Å². The van der Waals surface area contributed by atoms with Gasteiger partial charge in [-0.2, -0.15) is 0 Å². The molecule has 7 heteroatoms. The summed E-state index contributed by atoms with van der Waals surface area (Å²) >= 11 is 0. The summed E-state index contributed by atoms with van der Waals surface area (Å²) in [6.45, 7) is 15.8. The van der Waals surface area contributed by atoms with Crippen molar-refractivity contribution < 1.29 is 4.79 Å². The van der Waals surface area contributed by atoms with Gasteiger partial charge in [-0.05, 0) is 82.5 Å². The molecule has 1 aromatic rings. The van der Waals surface area contributed by atoms with Crippen molar-refractivity contribution in [1.29, 1.82) is 0 Å². The lowest BCUT2D eigenvalue weighted by atomic mass is 9.73. The van der Waals surface area contributed by atoms with Gasteiger partial charge in [0.25, 0.3) is 0 Å². The van der Waals surface area contributed by atoms with Gasteiger partial charge in [-0.3, -0.25) is 9.69 Å². The highest BCUT2D eigenvalue weighted by atomic mass is 16.2. The quantitative estimate of drug-likeness (QED) is 0.518. The average Bonchev–Trinajstić information content (AvgIpc) is 2.78. The molecule has 7 nitrogen and oxygen atoms in total. The number of anilines is 1. The maximum Gasteiger partial charge on any atom is 0.222 e. The molecule has 3 atom stereocenters. The molecule has 1 aromatic heterocycles. The van der Waals surface area contributed by atoms with E-state index in [4.69, 9.17) is 5.73 Å². The number of nitrogens with zero attached hydrogens (tertiary/aromatic N) is 5. The Kier molecular flexibility index (Phi) is 9.93. The molecule has 1 aliphatic carbocycles. The van der Waals surface area contributed by atoms with E-state index in [1.54, 1.807) is 0 Å². The van der Waals surface area contributed by atoms with E-state index in [9.17, 15) is 4.79 Å². The maximum absolute atomic E-state index is 13.3. The summed E-state index contributed by atoms with van der Waals surface area (Å²) in [5.41, 5.74) is 8.24. The number of amides is 1. The third-order valence-electron chi connectivity index (χ3n) is 7.47. The summed E-state index contributed by atoms with van der Waals surface area (Å²) in [6.07, 6.45) is 9.13. The van der Waals surface area contributed by atoms with Crippen LogP contribution in [0.2, 0.25) is 0 Å². The highest BCUT2D eigenvalue weighted by Gasteiger charge is 2.40. The molecule has 0 radical (unpaired) electrons. The summed E-state index contributed by atoms with van der Waals surface area (Å²) in [5.74, 6) is 1.67. The number of fused-ring (bicyclic) bond motifs is 2. The number of carbonyl (C=O) groups is 1. The zero-order valence-electron chi connectivity index (χ0n) is 21.4. The number of hydrogen-bond acceptors (Lipinski definition) is 6. The molecule has 3 rings (SSSR count). The number of piperidine rings is 1. The number of carbonyl (C=O) groups excluding carboxylic acids is 1. The van der Waals surface area contributed by atoms with Crippen LogP contribution in [-0.4, -0.2) is 82.4 Å². The summed E-state index contributed by atoms with van der Waals surface area (Å²) in [4.78, 5) is 29.3. The van der Waals surface area contributed by atoms with Crippen molar-refractivity contribution in [3.8, 4) is 0 Å². The lowest BCUT2D eigenvalue weighted by Crippen LogP contribution is -2.53. The van der Waals surface area contributed by atoms with Crippen LogP contribution in [0.1, 0.15) is 71.1 Å².